The molecule has 2 atom stereocenters. The summed E-state index contributed by atoms with van der Waals surface area (Å²) in [5.41, 5.74) is 0.0571. The van der Waals surface area contributed by atoms with Crippen LogP contribution in [0, 0.1) is 5.92 Å². The van der Waals surface area contributed by atoms with E-state index in [1.807, 2.05) is 6.92 Å². The summed E-state index contributed by atoms with van der Waals surface area (Å²) in [7, 11) is 0. The number of Topliss-reactive ketones (excluding diaryl/α,β-unsaturated/α-hetero) is 1. The van der Waals surface area contributed by atoms with Crippen molar-refractivity contribution in [1.29, 1.82) is 0 Å². The number of rotatable bonds is 6. The average Bonchev–Trinajstić information content (AvgIpc) is 2.36. The lowest BCUT2D eigenvalue weighted by molar-refractivity contribution is -0.162. The van der Waals surface area contributed by atoms with Crippen LogP contribution >= 0.6 is 0 Å². The summed E-state index contributed by atoms with van der Waals surface area (Å²) in [6.45, 7) is 5.45. The molecule has 3 nitrogen and oxygen atoms in total. The molecule has 1 saturated carbocycles. The van der Waals surface area contributed by atoms with E-state index in [9.17, 15) is 4.79 Å². The number of carbonyl (C=O) groups excluding carboxylic acids is 1. The van der Waals surface area contributed by atoms with Crippen molar-refractivity contribution in [3.05, 3.63) is 0 Å². The summed E-state index contributed by atoms with van der Waals surface area (Å²) in [5.74, 6) is 0.496. The molecule has 1 heterocycles. The Morgan fingerprint density at radius 3 is 2.78 bits per heavy atom. The predicted molar refractivity (Wildman–Crippen MR) is 70.6 cm³/mol. The van der Waals surface area contributed by atoms with Gasteiger partial charge in [0.25, 0.3) is 0 Å². The van der Waals surface area contributed by atoms with Gasteiger partial charge in [-0.3, -0.25) is 4.79 Å². The van der Waals surface area contributed by atoms with Crippen LogP contribution in [0.4, 0.5) is 0 Å². The molecule has 0 aromatic carbocycles. The fourth-order valence-corrected chi connectivity index (χ4v) is 3.22. The molecule has 0 aromatic rings. The van der Waals surface area contributed by atoms with Gasteiger partial charge in [0.05, 0.1) is 5.60 Å². The van der Waals surface area contributed by atoms with E-state index in [0.717, 1.165) is 45.1 Å². The van der Waals surface area contributed by atoms with Crippen molar-refractivity contribution in [3.8, 4) is 0 Å². The van der Waals surface area contributed by atoms with Gasteiger partial charge < -0.3 is 9.47 Å². The first-order valence-electron chi connectivity index (χ1n) is 7.50. The van der Waals surface area contributed by atoms with E-state index in [1.54, 1.807) is 0 Å². The largest absolute Gasteiger partial charge is 0.375 e. The van der Waals surface area contributed by atoms with E-state index in [-0.39, 0.29) is 17.6 Å². The Balaban J connectivity index is 1.93. The molecule has 2 rings (SSSR count). The summed E-state index contributed by atoms with van der Waals surface area (Å²) in [4.78, 5) is 12.5. The molecule has 3 heteroatoms. The molecule has 0 bridgehead atoms. The zero-order chi connectivity index (χ0) is 13.0. The first kappa shape index (κ1) is 14.0. The second kappa shape index (κ2) is 6.16. The van der Waals surface area contributed by atoms with Crippen LogP contribution in [-0.4, -0.2) is 30.7 Å². The van der Waals surface area contributed by atoms with Crippen molar-refractivity contribution in [3.63, 3.8) is 0 Å². The lowest BCUT2D eigenvalue weighted by Gasteiger charge is -2.47. The molecule has 18 heavy (non-hydrogen) atoms. The van der Waals surface area contributed by atoms with Crippen molar-refractivity contribution in [1.82, 2.24) is 0 Å². The Hall–Kier alpha value is -0.410. The third-order valence-corrected chi connectivity index (χ3v) is 4.40. The third kappa shape index (κ3) is 2.94. The van der Waals surface area contributed by atoms with Crippen LogP contribution in [0.1, 0.15) is 58.8 Å². The second-order valence-corrected chi connectivity index (χ2v) is 5.71. The molecule has 2 aliphatic rings. The van der Waals surface area contributed by atoms with Gasteiger partial charge in [0, 0.05) is 19.1 Å². The summed E-state index contributed by atoms with van der Waals surface area (Å²) < 4.78 is 11.5. The molecule has 1 saturated heterocycles. The van der Waals surface area contributed by atoms with Crippen molar-refractivity contribution in [2.45, 2.75) is 70.5 Å². The SMILES string of the molecule is CCCC(OCC)C(=O)C1CCOC2(CCC2)C1. The van der Waals surface area contributed by atoms with Crippen LogP contribution < -0.4 is 0 Å². The van der Waals surface area contributed by atoms with Crippen LogP contribution in [-0.2, 0) is 14.3 Å². The summed E-state index contributed by atoms with van der Waals surface area (Å²) in [6, 6.07) is 0. The highest BCUT2D eigenvalue weighted by atomic mass is 16.5. The zero-order valence-corrected chi connectivity index (χ0v) is 11.7. The van der Waals surface area contributed by atoms with Gasteiger partial charge in [-0.2, -0.15) is 0 Å². The summed E-state index contributed by atoms with van der Waals surface area (Å²) in [6.07, 6.45) is 7.04. The molecular formula is C15H26O3. The van der Waals surface area contributed by atoms with Crippen molar-refractivity contribution >= 4 is 5.78 Å². The monoisotopic (exact) mass is 254 g/mol. The number of ether oxygens (including phenoxy) is 2. The van der Waals surface area contributed by atoms with Gasteiger partial charge in [0.1, 0.15) is 6.10 Å². The number of ketones is 1. The summed E-state index contributed by atoms with van der Waals surface area (Å²) >= 11 is 0. The highest BCUT2D eigenvalue weighted by Crippen LogP contribution is 2.44. The highest BCUT2D eigenvalue weighted by molar-refractivity contribution is 5.85. The molecule has 2 fully saturated rings. The topological polar surface area (TPSA) is 35.5 Å². The molecular weight excluding hydrogens is 228 g/mol. The van der Waals surface area contributed by atoms with Crippen LogP contribution in [0.25, 0.3) is 0 Å². The lowest BCUT2D eigenvalue weighted by atomic mass is 9.70. The molecule has 1 aliphatic carbocycles. The van der Waals surface area contributed by atoms with E-state index >= 15 is 0 Å². The van der Waals surface area contributed by atoms with E-state index in [0.29, 0.717) is 12.4 Å². The van der Waals surface area contributed by atoms with Gasteiger partial charge in [0.2, 0.25) is 0 Å². The minimum atomic E-state index is -0.180. The van der Waals surface area contributed by atoms with Gasteiger partial charge in [-0.25, -0.2) is 0 Å². The van der Waals surface area contributed by atoms with Crippen molar-refractivity contribution in [2.75, 3.05) is 13.2 Å². The van der Waals surface area contributed by atoms with Crippen LogP contribution in [0.15, 0.2) is 0 Å². The molecule has 2 unspecified atom stereocenters. The standard InChI is InChI=1S/C15H26O3/c1-3-6-13(17-4-2)14(16)12-7-10-18-15(11-12)8-5-9-15/h12-13H,3-11H2,1-2H3. The van der Waals surface area contributed by atoms with Crippen molar-refractivity contribution < 1.29 is 14.3 Å². The minimum Gasteiger partial charge on any atom is -0.375 e. The zero-order valence-electron chi connectivity index (χ0n) is 11.7. The first-order chi connectivity index (χ1) is 8.71. The predicted octanol–water partition coefficient (Wildman–Crippen LogP) is 3.11. The second-order valence-electron chi connectivity index (χ2n) is 5.71. The minimum absolute atomic E-state index is 0.0571. The quantitative estimate of drug-likeness (QED) is 0.730. The fourth-order valence-electron chi connectivity index (χ4n) is 3.22. The first-order valence-corrected chi connectivity index (χ1v) is 7.50. The Kier molecular flexibility index (Phi) is 4.79. The fraction of sp³-hybridized carbons (Fsp3) is 0.933. The molecule has 104 valence electrons. The molecule has 0 N–H and O–H groups in total. The maximum absolute atomic E-state index is 12.5. The van der Waals surface area contributed by atoms with E-state index in [2.05, 4.69) is 6.92 Å². The van der Waals surface area contributed by atoms with Gasteiger partial charge >= 0.3 is 0 Å². The number of hydrogen-bond acceptors (Lipinski definition) is 3. The lowest BCUT2D eigenvalue weighted by Crippen LogP contribution is -2.48. The molecule has 0 amide bonds. The normalized spacial score (nSPS) is 27.8. The summed E-state index contributed by atoms with van der Waals surface area (Å²) in [5, 5.41) is 0. The Morgan fingerprint density at radius 2 is 2.22 bits per heavy atom. The smallest absolute Gasteiger partial charge is 0.164 e. The van der Waals surface area contributed by atoms with Crippen LogP contribution in [0.2, 0.25) is 0 Å². The Bertz CT molecular complexity index is 277. The van der Waals surface area contributed by atoms with E-state index in [1.165, 1.54) is 6.42 Å². The Morgan fingerprint density at radius 1 is 1.44 bits per heavy atom. The van der Waals surface area contributed by atoms with E-state index < -0.39 is 0 Å². The molecule has 1 spiro atoms. The van der Waals surface area contributed by atoms with Gasteiger partial charge in [-0.1, -0.05) is 13.3 Å². The Labute approximate surface area is 110 Å². The molecule has 1 aliphatic heterocycles. The van der Waals surface area contributed by atoms with Crippen LogP contribution in [0.3, 0.4) is 0 Å². The highest BCUT2D eigenvalue weighted by Gasteiger charge is 2.45. The van der Waals surface area contributed by atoms with E-state index in [4.69, 9.17) is 9.47 Å². The average molecular weight is 254 g/mol. The molecule has 0 radical (unpaired) electrons. The molecule has 0 aromatic heterocycles. The number of hydrogen-bond donors (Lipinski definition) is 0. The van der Waals surface area contributed by atoms with Gasteiger partial charge in [0.15, 0.2) is 5.78 Å². The van der Waals surface area contributed by atoms with Gasteiger partial charge in [-0.05, 0) is 45.4 Å². The third-order valence-electron chi connectivity index (χ3n) is 4.40. The number of carbonyl (C=O) groups is 1. The maximum atomic E-state index is 12.5. The van der Waals surface area contributed by atoms with Crippen LogP contribution in [0.5, 0.6) is 0 Å². The van der Waals surface area contributed by atoms with Gasteiger partial charge in [-0.15, -0.1) is 0 Å². The van der Waals surface area contributed by atoms with Crippen molar-refractivity contribution in [2.24, 2.45) is 5.92 Å². The maximum Gasteiger partial charge on any atom is 0.164 e.